The number of carbonyl (C=O) groups is 2. The van der Waals surface area contributed by atoms with Crippen LogP contribution in [-0.4, -0.2) is 42.1 Å². The predicted molar refractivity (Wildman–Crippen MR) is 50.8 cm³/mol. The van der Waals surface area contributed by atoms with Gasteiger partial charge in [0.25, 0.3) is 5.91 Å². The number of nitrogens with one attached hydrogen (secondary N) is 1. The van der Waals surface area contributed by atoms with Gasteiger partial charge in [0.2, 0.25) is 0 Å². The molecule has 14 heavy (non-hydrogen) atoms. The van der Waals surface area contributed by atoms with Crippen molar-refractivity contribution in [1.82, 2.24) is 10.2 Å². The van der Waals surface area contributed by atoms with Crippen molar-refractivity contribution < 1.29 is 14.3 Å². The molecule has 0 aromatic heterocycles. The number of amides is 3. The average Bonchev–Trinajstić information content (AvgIpc) is 2.02. The first-order valence-corrected chi connectivity index (χ1v) is 4.52. The Morgan fingerprint density at radius 1 is 1.43 bits per heavy atom. The van der Waals surface area contributed by atoms with Crippen LogP contribution in [0.3, 0.4) is 0 Å². The van der Waals surface area contributed by atoms with Crippen LogP contribution in [0.2, 0.25) is 0 Å². The van der Waals surface area contributed by atoms with Gasteiger partial charge in [0.05, 0.1) is 6.54 Å². The van der Waals surface area contributed by atoms with Crippen molar-refractivity contribution in [2.45, 2.75) is 32.4 Å². The van der Waals surface area contributed by atoms with Crippen LogP contribution in [-0.2, 0) is 9.53 Å². The van der Waals surface area contributed by atoms with Gasteiger partial charge in [0.1, 0.15) is 0 Å². The van der Waals surface area contributed by atoms with Crippen molar-refractivity contribution in [3.63, 3.8) is 0 Å². The Morgan fingerprint density at radius 2 is 2.00 bits per heavy atom. The van der Waals surface area contributed by atoms with Crippen molar-refractivity contribution >= 4 is 11.9 Å². The van der Waals surface area contributed by atoms with Crippen LogP contribution in [0.4, 0.5) is 4.79 Å². The van der Waals surface area contributed by atoms with E-state index in [1.54, 1.807) is 0 Å². The molecule has 1 saturated heterocycles. The molecule has 3 amide bonds. The summed E-state index contributed by atoms with van der Waals surface area (Å²) in [7, 11) is 1.46. The van der Waals surface area contributed by atoms with Crippen molar-refractivity contribution in [3.05, 3.63) is 0 Å². The van der Waals surface area contributed by atoms with Crippen molar-refractivity contribution in [1.29, 1.82) is 0 Å². The van der Waals surface area contributed by atoms with Crippen LogP contribution >= 0.6 is 0 Å². The fraction of sp³-hybridized carbons (Fsp3) is 0.778. The van der Waals surface area contributed by atoms with Gasteiger partial charge in [-0.05, 0) is 20.8 Å². The van der Waals surface area contributed by atoms with E-state index in [2.05, 4.69) is 5.32 Å². The smallest absolute Gasteiger partial charge is 0.324 e. The van der Waals surface area contributed by atoms with Crippen LogP contribution in [0, 0.1) is 0 Å². The third-order valence-electron chi connectivity index (χ3n) is 2.09. The van der Waals surface area contributed by atoms with E-state index >= 15 is 0 Å². The molecule has 5 nitrogen and oxygen atoms in total. The van der Waals surface area contributed by atoms with Gasteiger partial charge < -0.3 is 10.1 Å². The second-order valence-electron chi connectivity index (χ2n) is 4.25. The fourth-order valence-electron chi connectivity index (χ4n) is 1.41. The van der Waals surface area contributed by atoms with E-state index < -0.39 is 11.6 Å². The molecule has 0 aliphatic carbocycles. The highest BCUT2D eigenvalue weighted by atomic mass is 16.5. The van der Waals surface area contributed by atoms with Crippen molar-refractivity contribution in [2.24, 2.45) is 0 Å². The van der Waals surface area contributed by atoms with E-state index in [0.717, 1.165) is 0 Å². The number of hydrogen-bond donors (Lipinski definition) is 1. The van der Waals surface area contributed by atoms with Crippen molar-refractivity contribution in [2.75, 3.05) is 13.7 Å². The topological polar surface area (TPSA) is 58.6 Å². The van der Waals surface area contributed by atoms with Gasteiger partial charge >= 0.3 is 6.03 Å². The number of hydrogen-bond acceptors (Lipinski definition) is 3. The predicted octanol–water partition coefficient (Wildman–Crippen LogP) is 0.352. The maximum Gasteiger partial charge on any atom is 0.324 e. The lowest BCUT2D eigenvalue weighted by atomic mass is 10.0. The van der Waals surface area contributed by atoms with Gasteiger partial charge in [-0.3, -0.25) is 9.69 Å². The molecule has 0 radical (unpaired) electrons. The summed E-state index contributed by atoms with van der Waals surface area (Å²) in [5.41, 5.74) is -0.516. The highest BCUT2D eigenvalue weighted by Gasteiger charge is 2.40. The minimum absolute atomic E-state index is 0.251. The van der Waals surface area contributed by atoms with Gasteiger partial charge in [-0.2, -0.15) is 0 Å². The number of imide groups is 1. The number of methoxy groups -OCH3 is 1. The van der Waals surface area contributed by atoms with Gasteiger partial charge in [-0.1, -0.05) is 0 Å². The Bertz CT molecular complexity index is 257. The first-order valence-electron chi connectivity index (χ1n) is 4.52. The molecule has 80 valence electrons. The molecule has 1 aliphatic heterocycles. The van der Waals surface area contributed by atoms with E-state index in [1.807, 2.05) is 20.8 Å². The lowest BCUT2D eigenvalue weighted by Gasteiger charge is -2.39. The second kappa shape index (κ2) is 3.57. The third-order valence-corrected chi connectivity index (χ3v) is 2.09. The summed E-state index contributed by atoms with van der Waals surface area (Å²) in [6.45, 7) is 5.67. The van der Waals surface area contributed by atoms with E-state index in [1.165, 1.54) is 12.0 Å². The molecule has 1 unspecified atom stereocenters. The average molecular weight is 200 g/mol. The lowest BCUT2D eigenvalue weighted by molar-refractivity contribution is -0.144. The normalized spacial score (nSPS) is 23.7. The van der Waals surface area contributed by atoms with Crippen LogP contribution in [0.25, 0.3) is 0 Å². The molecule has 0 aromatic rings. The molecule has 0 spiro atoms. The highest BCUT2D eigenvalue weighted by molar-refractivity contribution is 6.00. The number of nitrogens with zero attached hydrogens (tertiary/aromatic N) is 1. The summed E-state index contributed by atoms with van der Waals surface area (Å²) in [4.78, 5) is 24.4. The molecule has 1 aliphatic rings. The zero-order valence-electron chi connectivity index (χ0n) is 8.96. The zero-order chi connectivity index (χ0) is 10.9. The Morgan fingerprint density at radius 3 is 2.43 bits per heavy atom. The highest BCUT2D eigenvalue weighted by Crippen LogP contribution is 2.18. The summed E-state index contributed by atoms with van der Waals surface area (Å²) < 4.78 is 4.97. The Labute approximate surface area is 83.4 Å². The molecule has 1 fully saturated rings. The molecule has 1 heterocycles. The Balaban J connectivity index is 2.90. The Hall–Kier alpha value is -1.10. The quantitative estimate of drug-likeness (QED) is 0.664. The van der Waals surface area contributed by atoms with Crippen LogP contribution < -0.4 is 5.32 Å². The van der Waals surface area contributed by atoms with Crippen LogP contribution in [0.15, 0.2) is 0 Å². The van der Waals surface area contributed by atoms with E-state index in [4.69, 9.17) is 4.74 Å². The Kier molecular flexibility index (Phi) is 2.80. The van der Waals surface area contributed by atoms with Gasteiger partial charge in [-0.25, -0.2) is 4.79 Å². The summed E-state index contributed by atoms with van der Waals surface area (Å²) in [6, 6.07) is -0.351. The number of ether oxygens (including phenoxy) is 1. The minimum atomic E-state index is -0.563. The fourth-order valence-corrected chi connectivity index (χ4v) is 1.41. The molecular formula is C9H16N2O3. The molecule has 0 saturated carbocycles. The van der Waals surface area contributed by atoms with E-state index in [0.29, 0.717) is 0 Å². The molecule has 1 rings (SSSR count). The van der Waals surface area contributed by atoms with Crippen molar-refractivity contribution in [3.8, 4) is 0 Å². The monoisotopic (exact) mass is 200 g/mol. The zero-order valence-corrected chi connectivity index (χ0v) is 8.96. The van der Waals surface area contributed by atoms with Crippen LogP contribution in [0.5, 0.6) is 0 Å². The van der Waals surface area contributed by atoms with Crippen LogP contribution in [0.1, 0.15) is 20.8 Å². The molecule has 1 N–H and O–H groups in total. The summed E-state index contributed by atoms with van der Waals surface area (Å²) >= 11 is 0. The summed E-state index contributed by atoms with van der Waals surface area (Å²) in [6.07, 6.45) is -0.563. The van der Waals surface area contributed by atoms with Gasteiger partial charge in [0.15, 0.2) is 6.10 Å². The molecule has 0 aromatic carbocycles. The minimum Gasteiger partial charge on any atom is -0.370 e. The van der Waals surface area contributed by atoms with Gasteiger partial charge in [-0.15, -0.1) is 0 Å². The molecule has 5 heteroatoms. The third kappa shape index (κ3) is 1.87. The summed E-state index contributed by atoms with van der Waals surface area (Å²) in [5, 5.41) is 2.61. The molecule has 0 bridgehead atoms. The molecule has 1 atom stereocenters. The lowest BCUT2D eigenvalue weighted by Crippen LogP contribution is -2.63. The first kappa shape index (κ1) is 11.0. The summed E-state index contributed by atoms with van der Waals surface area (Å²) in [5.74, 6) is -0.274. The van der Waals surface area contributed by atoms with E-state index in [9.17, 15) is 9.59 Å². The number of carbonyl (C=O) groups excluding carboxylic acids is 2. The molecular weight excluding hydrogens is 184 g/mol. The largest absolute Gasteiger partial charge is 0.370 e. The number of urea groups is 1. The maximum atomic E-state index is 11.8. The standard InChI is InChI=1S/C9H16N2O3/c1-9(2,3)11-7(12)6(14-4)5-10-8(11)13/h6H,5H2,1-4H3,(H,10,13). The van der Waals surface area contributed by atoms with Gasteiger partial charge in [0, 0.05) is 12.6 Å². The second-order valence-corrected chi connectivity index (χ2v) is 4.25. The SMILES string of the molecule is COC1CNC(=O)N(C(C)(C)C)C1=O. The maximum absolute atomic E-state index is 11.8. The number of rotatable bonds is 1. The van der Waals surface area contributed by atoms with E-state index in [-0.39, 0.29) is 18.5 Å². The first-order chi connectivity index (χ1) is 6.38.